The van der Waals surface area contributed by atoms with Crippen molar-refractivity contribution in [3.8, 4) is 39.9 Å². The smallest absolute Gasteiger partial charge is 0.164 e. The van der Waals surface area contributed by atoms with Gasteiger partial charge in [-0.05, 0) is 82.2 Å². The highest BCUT2D eigenvalue weighted by Gasteiger charge is 2.22. The van der Waals surface area contributed by atoms with E-state index in [0.717, 1.165) is 88.1 Å². The van der Waals surface area contributed by atoms with Gasteiger partial charge in [-0.2, -0.15) is 0 Å². The SMILES string of the molecule is c1ccc2cc(-c3nc(-c4ccc5c(c4)oc4ccccc45)nc(-c4cc(-n5c6ccccc6c6cc7ccccc7cc65)c5oc6ccccc6c5c4)n3)ccc2c1. The van der Waals surface area contributed by atoms with E-state index in [1.54, 1.807) is 0 Å². The normalized spacial score (nSPS) is 12.1. The average molecular weight is 755 g/mol. The number of nitrogens with zero attached hydrogens (tertiary/aromatic N) is 4. The highest BCUT2D eigenvalue weighted by Crippen LogP contribution is 2.42. The van der Waals surface area contributed by atoms with E-state index in [2.05, 4.69) is 150 Å². The van der Waals surface area contributed by atoms with Gasteiger partial charge in [0.25, 0.3) is 0 Å². The Balaban J connectivity index is 1.11. The molecule has 0 N–H and O–H groups in total. The zero-order chi connectivity index (χ0) is 38.6. The molecular weight excluding hydrogens is 725 g/mol. The van der Waals surface area contributed by atoms with E-state index in [0.29, 0.717) is 17.5 Å². The molecule has 9 aromatic carbocycles. The second-order valence-corrected chi connectivity index (χ2v) is 15.2. The van der Waals surface area contributed by atoms with Crippen LogP contribution in [0.1, 0.15) is 0 Å². The summed E-state index contributed by atoms with van der Waals surface area (Å²) in [6, 6.07) is 63.4. The van der Waals surface area contributed by atoms with Crippen molar-refractivity contribution in [2.75, 3.05) is 0 Å². The van der Waals surface area contributed by atoms with Gasteiger partial charge >= 0.3 is 0 Å². The molecule has 0 fully saturated rings. The van der Waals surface area contributed by atoms with Crippen molar-refractivity contribution in [3.05, 3.63) is 182 Å². The van der Waals surface area contributed by atoms with Crippen molar-refractivity contribution in [2.24, 2.45) is 0 Å². The molecule has 0 bridgehead atoms. The summed E-state index contributed by atoms with van der Waals surface area (Å²) in [5, 5.41) is 11.1. The lowest BCUT2D eigenvalue weighted by atomic mass is 10.0. The number of hydrogen-bond acceptors (Lipinski definition) is 5. The second-order valence-electron chi connectivity index (χ2n) is 15.2. The molecule has 13 rings (SSSR count). The maximum absolute atomic E-state index is 6.79. The molecule has 6 nitrogen and oxygen atoms in total. The van der Waals surface area contributed by atoms with Crippen molar-refractivity contribution >= 4 is 87.2 Å². The molecule has 0 aliphatic heterocycles. The number of fused-ring (bicyclic) bond motifs is 11. The fraction of sp³-hybridized carbons (Fsp3) is 0. The van der Waals surface area contributed by atoms with Crippen LogP contribution in [0, 0.1) is 0 Å². The van der Waals surface area contributed by atoms with Gasteiger partial charge in [0.1, 0.15) is 16.7 Å². The summed E-state index contributed by atoms with van der Waals surface area (Å²) >= 11 is 0. The fourth-order valence-corrected chi connectivity index (χ4v) is 8.98. The van der Waals surface area contributed by atoms with Crippen LogP contribution in [0.2, 0.25) is 0 Å². The van der Waals surface area contributed by atoms with Gasteiger partial charge in [-0.3, -0.25) is 0 Å². The Bertz CT molecular complexity index is 3870. The van der Waals surface area contributed by atoms with Crippen LogP contribution in [0.3, 0.4) is 0 Å². The quantitative estimate of drug-likeness (QED) is 0.179. The Morgan fingerprint density at radius 2 is 0.881 bits per heavy atom. The van der Waals surface area contributed by atoms with E-state index in [1.807, 2.05) is 36.4 Å². The number of para-hydroxylation sites is 3. The summed E-state index contributed by atoms with van der Waals surface area (Å²) in [7, 11) is 0. The van der Waals surface area contributed by atoms with Gasteiger partial charge in [-0.15, -0.1) is 0 Å². The van der Waals surface area contributed by atoms with Crippen LogP contribution in [-0.2, 0) is 0 Å². The highest BCUT2D eigenvalue weighted by atomic mass is 16.3. The number of hydrogen-bond donors (Lipinski definition) is 0. The first-order valence-corrected chi connectivity index (χ1v) is 19.8. The van der Waals surface area contributed by atoms with Crippen LogP contribution < -0.4 is 0 Å². The molecule has 59 heavy (non-hydrogen) atoms. The number of aromatic nitrogens is 4. The molecule has 0 radical (unpaired) electrons. The van der Waals surface area contributed by atoms with Crippen molar-refractivity contribution < 1.29 is 8.83 Å². The maximum Gasteiger partial charge on any atom is 0.164 e. The Hall–Kier alpha value is -8.09. The minimum Gasteiger partial charge on any atom is -0.456 e. The molecule has 0 aliphatic carbocycles. The summed E-state index contributed by atoms with van der Waals surface area (Å²) in [4.78, 5) is 15.7. The third kappa shape index (κ3) is 4.90. The number of rotatable bonds is 4. The highest BCUT2D eigenvalue weighted by molar-refractivity contribution is 6.16. The van der Waals surface area contributed by atoms with Gasteiger partial charge in [-0.1, -0.05) is 121 Å². The molecule has 0 aliphatic rings. The molecule has 4 heterocycles. The third-order valence-electron chi connectivity index (χ3n) is 11.8. The van der Waals surface area contributed by atoms with Crippen LogP contribution in [0.25, 0.3) is 127 Å². The van der Waals surface area contributed by atoms with Crippen molar-refractivity contribution in [3.63, 3.8) is 0 Å². The molecule has 274 valence electrons. The maximum atomic E-state index is 6.79. The molecular formula is C53H30N4O2. The van der Waals surface area contributed by atoms with E-state index in [-0.39, 0.29) is 0 Å². The van der Waals surface area contributed by atoms with Crippen LogP contribution in [0.5, 0.6) is 0 Å². The first-order valence-electron chi connectivity index (χ1n) is 19.8. The van der Waals surface area contributed by atoms with Gasteiger partial charge in [0, 0.05) is 49.0 Å². The molecule has 0 unspecified atom stereocenters. The van der Waals surface area contributed by atoms with Gasteiger partial charge < -0.3 is 13.4 Å². The van der Waals surface area contributed by atoms with E-state index >= 15 is 0 Å². The Kier molecular flexibility index (Phi) is 6.63. The molecule has 6 heteroatoms. The van der Waals surface area contributed by atoms with Crippen LogP contribution >= 0.6 is 0 Å². The monoisotopic (exact) mass is 754 g/mol. The molecule has 0 atom stereocenters. The lowest BCUT2D eigenvalue weighted by Gasteiger charge is -2.13. The standard InChI is InChI=1S/C53H30N4O2/c1-2-12-32-25-35(22-21-31(32)11-1)51-54-52(36-23-24-41-39-16-6-9-19-47(39)58-49(41)30-36)56-53(55-51)37-27-43-40-17-7-10-20-48(40)59-50(43)46(29-37)57-44-18-8-5-15-38(44)42-26-33-13-3-4-14-34(33)28-45(42)57/h1-30H. The zero-order valence-corrected chi connectivity index (χ0v) is 31.4. The molecule has 0 amide bonds. The van der Waals surface area contributed by atoms with Crippen LogP contribution in [-0.4, -0.2) is 19.5 Å². The average Bonchev–Trinajstić information content (AvgIpc) is 3.97. The zero-order valence-electron chi connectivity index (χ0n) is 31.4. The van der Waals surface area contributed by atoms with E-state index in [1.165, 1.54) is 21.5 Å². The second kappa shape index (κ2) is 12.2. The lowest BCUT2D eigenvalue weighted by molar-refractivity contribution is 0.666. The summed E-state index contributed by atoms with van der Waals surface area (Å²) < 4.78 is 15.5. The summed E-state index contributed by atoms with van der Waals surface area (Å²) in [6.07, 6.45) is 0. The minimum absolute atomic E-state index is 0.558. The third-order valence-corrected chi connectivity index (χ3v) is 11.8. The summed E-state index contributed by atoms with van der Waals surface area (Å²) in [5.41, 5.74) is 8.93. The number of furan rings is 2. The van der Waals surface area contributed by atoms with Crippen molar-refractivity contribution in [1.29, 1.82) is 0 Å². The van der Waals surface area contributed by atoms with Gasteiger partial charge in [-0.25, -0.2) is 15.0 Å². The lowest BCUT2D eigenvalue weighted by Crippen LogP contribution is -2.01. The van der Waals surface area contributed by atoms with Gasteiger partial charge in [0.05, 0.1) is 16.7 Å². The Labute approximate surface area is 336 Å². The van der Waals surface area contributed by atoms with E-state index in [4.69, 9.17) is 23.8 Å². The van der Waals surface area contributed by atoms with Gasteiger partial charge in [0.15, 0.2) is 23.1 Å². The van der Waals surface area contributed by atoms with Crippen molar-refractivity contribution in [1.82, 2.24) is 19.5 Å². The van der Waals surface area contributed by atoms with Crippen LogP contribution in [0.15, 0.2) is 191 Å². The minimum atomic E-state index is 0.558. The predicted molar refractivity (Wildman–Crippen MR) is 240 cm³/mol. The predicted octanol–water partition coefficient (Wildman–Crippen LogP) is 14.1. The number of benzene rings is 9. The molecule has 4 aromatic heterocycles. The van der Waals surface area contributed by atoms with Crippen LogP contribution in [0.4, 0.5) is 0 Å². The molecule has 13 aromatic rings. The van der Waals surface area contributed by atoms with E-state index in [9.17, 15) is 0 Å². The Morgan fingerprint density at radius 3 is 1.66 bits per heavy atom. The van der Waals surface area contributed by atoms with E-state index < -0.39 is 0 Å². The first-order chi connectivity index (χ1) is 29.2. The molecule has 0 saturated carbocycles. The van der Waals surface area contributed by atoms with Crippen molar-refractivity contribution in [2.45, 2.75) is 0 Å². The first kappa shape index (κ1) is 32.0. The molecule has 0 saturated heterocycles. The molecule has 0 spiro atoms. The Morgan fingerprint density at radius 1 is 0.322 bits per heavy atom. The van der Waals surface area contributed by atoms with Gasteiger partial charge in [0.2, 0.25) is 0 Å². The summed E-state index contributed by atoms with van der Waals surface area (Å²) in [6.45, 7) is 0. The topological polar surface area (TPSA) is 69.9 Å². The fourth-order valence-electron chi connectivity index (χ4n) is 8.98. The summed E-state index contributed by atoms with van der Waals surface area (Å²) in [5.74, 6) is 1.70. The largest absolute Gasteiger partial charge is 0.456 e.